The topological polar surface area (TPSA) is 23.6 Å². The first-order chi connectivity index (χ1) is 9.66. The molecule has 110 valence electrons. The van der Waals surface area contributed by atoms with E-state index in [0.717, 1.165) is 24.6 Å². The van der Waals surface area contributed by atoms with Gasteiger partial charge in [0.1, 0.15) is 0 Å². The number of rotatable bonds is 6. The molecule has 0 unspecified atom stereocenters. The molecule has 1 fully saturated rings. The number of ketones is 1. The van der Waals surface area contributed by atoms with E-state index in [1.807, 2.05) is 30.3 Å². The molecule has 3 heteroatoms. The van der Waals surface area contributed by atoms with Crippen LogP contribution in [0.1, 0.15) is 36.0 Å². The average molecular weight is 274 g/mol. The lowest BCUT2D eigenvalue weighted by atomic mass is 10.0. The standard InChI is InChI=1S/C17H26N2O/c1-18(2)16-10-13-19(14-11-16)12-6-9-17(20)15-7-4-3-5-8-15/h3-5,7-8,16H,6,9-14H2,1-2H3. The van der Waals surface area contributed by atoms with Crippen LogP contribution in [0.25, 0.3) is 0 Å². The summed E-state index contributed by atoms with van der Waals surface area (Å²) in [4.78, 5) is 16.8. The van der Waals surface area contributed by atoms with Crippen LogP contribution in [0.4, 0.5) is 0 Å². The number of carbonyl (C=O) groups excluding carboxylic acids is 1. The second-order valence-corrected chi connectivity index (χ2v) is 5.93. The van der Waals surface area contributed by atoms with E-state index in [1.54, 1.807) is 0 Å². The largest absolute Gasteiger partial charge is 0.306 e. The molecular weight excluding hydrogens is 248 g/mol. The maximum absolute atomic E-state index is 12.0. The molecule has 1 saturated heterocycles. The predicted octanol–water partition coefficient (Wildman–Crippen LogP) is 2.68. The number of likely N-dealkylation sites (tertiary alicyclic amines) is 1. The second-order valence-electron chi connectivity index (χ2n) is 5.93. The lowest BCUT2D eigenvalue weighted by Gasteiger charge is -2.35. The molecular formula is C17H26N2O. The molecule has 0 saturated carbocycles. The van der Waals surface area contributed by atoms with Crippen molar-refractivity contribution in [3.63, 3.8) is 0 Å². The van der Waals surface area contributed by atoms with Crippen LogP contribution < -0.4 is 0 Å². The minimum absolute atomic E-state index is 0.272. The Kier molecular flexibility index (Phi) is 5.74. The van der Waals surface area contributed by atoms with E-state index in [0.29, 0.717) is 6.42 Å². The summed E-state index contributed by atoms with van der Waals surface area (Å²) in [6.45, 7) is 3.39. The van der Waals surface area contributed by atoms with E-state index < -0.39 is 0 Å². The fraction of sp³-hybridized carbons (Fsp3) is 0.588. The molecule has 0 radical (unpaired) electrons. The Morgan fingerprint density at radius 1 is 1.20 bits per heavy atom. The number of benzene rings is 1. The van der Waals surface area contributed by atoms with E-state index in [1.165, 1.54) is 25.9 Å². The van der Waals surface area contributed by atoms with Gasteiger partial charge in [-0.3, -0.25) is 4.79 Å². The summed E-state index contributed by atoms with van der Waals surface area (Å²) in [5, 5.41) is 0. The van der Waals surface area contributed by atoms with Crippen molar-refractivity contribution in [1.82, 2.24) is 9.80 Å². The van der Waals surface area contributed by atoms with Crippen molar-refractivity contribution in [3.8, 4) is 0 Å². The van der Waals surface area contributed by atoms with Gasteiger partial charge in [-0.15, -0.1) is 0 Å². The first kappa shape index (κ1) is 15.2. The minimum atomic E-state index is 0.272. The maximum Gasteiger partial charge on any atom is 0.162 e. The van der Waals surface area contributed by atoms with Crippen molar-refractivity contribution in [3.05, 3.63) is 35.9 Å². The van der Waals surface area contributed by atoms with Gasteiger partial charge in [0.25, 0.3) is 0 Å². The fourth-order valence-corrected chi connectivity index (χ4v) is 2.89. The highest BCUT2D eigenvalue weighted by Gasteiger charge is 2.20. The molecule has 0 aliphatic carbocycles. The molecule has 0 amide bonds. The summed E-state index contributed by atoms with van der Waals surface area (Å²) in [5.74, 6) is 0.272. The van der Waals surface area contributed by atoms with E-state index in [2.05, 4.69) is 23.9 Å². The monoisotopic (exact) mass is 274 g/mol. The Hall–Kier alpha value is -1.19. The van der Waals surface area contributed by atoms with Crippen molar-refractivity contribution in [2.24, 2.45) is 0 Å². The number of hydrogen-bond acceptors (Lipinski definition) is 3. The van der Waals surface area contributed by atoms with Gasteiger partial charge < -0.3 is 9.80 Å². The lowest BCUT2D eigenvalue weighted by molar-refractivity contribution is 0.0966. The maximum atomic E-state index is 12.0. The third-order valence-electron chi connectivity index (χ3n) is 4.26. The normalized spacial score (nSPS) is 17.6. The smallest absolute Gasteiger partial charge is 0.162 e. The van der Waals surface area contributed by atoms with E-state index in [9.17, 15) is 4.79 Å². The van der Waals surface area contributed by atoms with Crippen LogP contribution in [0, 0.1) is 0 Å². The zero-order valence-corrected chi connectivity index (χ0v) is 12.7. The molecule has 0 aromatic heterocycles. The lowest BCUT2D eigenvalue weighted by Crippen LogP contribution is -2.42. The predicted molar refractivity (Wildman–Crippen MR) is 83.2 cm³/mol. The molecule has 0 atom stereocenters. The van der Waals surface area contributed by atoms with Crippen molar-refractivity contribution in [2.75, 3.05) is 33.7 Å². The molecule has 2 rings (SSSR count). The van der Waals surface area contributed by atoms with Crippen molar-refractivity contribution in [2.45, 2.75) is 31.7 Å². The zero-order valence-electron chi connectivity index (χ0n) is 12.7. The number of hydrogen-bond donors (Lipinski definition) is 0. The summed E-state index contributed by atoms with van der Waals surface area (Å²) in [7, 11) is 4.33. The molecule has 1 aromatic rings. The van der Waals surface area contributed by atoms with Gasteiger partial charge in [-0.1, -0.05) is 30.3 Å². The number of nitrogens with zero attached hydrogens (tertiary/aromatic N) is 2. The highest BCUT2D eigenvalue weighted by Crippen LogP contribution is 2.15. The Balaban J connectivity index is 1.66. The Morgan fingerprint density at radius 3 is 2.45 bits per heavy atom. The van der Waals surface area contributed by atoms with Gasteiger partial charge in [-0.05, 0) is 53.0 Å². The molecule has 0 spiro atoms. The van der Waals surface area contributed by atoms with Crippen LogP contribution >= 0.6 is 0 Å². The average Bonchev–Trinajstić information content (AvgIpc) is 2.48. The summed E-state index contributed by atoms with van der Waals surface area (Å²) < 4.78 is 0. The first-order valence-corrected chi connectivity index (χ1v) is 7.64. The van der Waals surface area contributed by atoms with Gasteiger partial charge in [0, 0.05) is 18.0 Å². The fourth-order valence-electron chi connectivity index (χ4n) is 2.89. The highest BCUT2D eigenvalue weighted by atomic mass is 16.1. The Bertz CT molecular complexity index is 408. The Labute approximate surface area is 122 Å². The van der Waals surface area contributed by atoms with Crippen molar-refractivity contribution < 1.29 is 4.79 Å². The summed E-state index contributed by atoms with van der Waals surface area (Å²) in [6.07, 6.45) is 4.14. The van der Waals surface area contributed by atoms with Gasteiger partial charge in [0.2, 0.25) is 0 Å². The first-order valence-electron chi connectivity index (χ1n) is 7.64. The van der Waals surface area contributed by atoms with Gasteiger partial charge in [0.15, 0.2) is 5.78 Å². The second kappa shape index (κ2) is 7.55. The van der Waals surface area contributed by atoms with Gasteiger partial charge >= 0.3 is 0 Å². The highest BCUT2D eigenvalue weighted by molar-refractivity contribution is 5.95. The number of Topliss-reactive ketones (excluding diaryl/α,β-unsaturated/α-hetero) is 1. The van der Waals surface area contributed by atoms with Crippen molar-refractivity contribution in [1.29, 1.82) is 0 Å². The zero-order chi connectivity index (χ0) is 14.4. The van der Waals surface area contributed by atoms with Crippen LogP contribution in [0.15, 0.2) is 30.3 Å². The molecule has 0 N–H and O–H groups in total. The van der Waals surface area contributed by atoms with Gasteiger partial charge in [-0.25, -0.2) is 0 Å². The number of piperidine rings is 1. The minimum Gasteiger partial charge on any atom is -0.306 e. The third kappa shape index (κ3) is 4.43. The van der Waals surface area contributed by atoms with Crippen LogP contribution in [0.2, 0.25) is 0 Å². The molecule has 1 heterocycles. The van der Waals surface area contributed by atoms with Crippen molar-refractivity contribution >= 4 is 5.78 Å². The van der Waals surface area contributed by atoms with Gasteiger partial charge in [0.05, 0.1) is 0 Å². The van der Waals surface area contributed by atoms with Crippen LogP contribution in [-0.2, 0) is 0 Å². The van der Waals surface area contributed by atoms with Crippen LogP contribution in [0.3, 0.4) is 0 Å². The van der Waals surface area contributed by atoms with E-state index in [4.69, 9.17) is 0 Å². The number of carbonyl (C=O) groups is 1. The van der Waals surface area contributed by atoms with E-state index in [-0.39, 0.29) is 5.78 Å². The quantitative estimate of drug-likeness (QED) is 0.745. The molecule has 3 nitrogen and oxygen atoms in total. The summed E-state index contributed by atoms with van der Waals surface area (Å²) >= 11 is 0. The molecule has 1 aliphatic heterocycles. The Morgan fingerprint density at radius 2 is 1.85 bits per heavy atom. The third-order valence-corrected chi connectivity index (χ3v) is 4.26. The molecule has 20 heavy (non-hydrogen) atoms. The summed E-state index contributed by atoms with van der Waals surface area (Å²) in [6, 6.07) is 10.4. The van der Waals surface area contributed by atoms with Gasteiger partial charge in [-0.2, -0.15) is 0 Å². The SMILES string of the molecule is CN(C)C1CCN(CCCC(=O)c2ccccc2)CC1. The van der Waals surface area contributed by atoms with E-state index >= 15 is 0 Å². The molecule has 1 aromatic carbocycles. The van der Waals surface area contributed by atoms with Crippen LogP contribution in [-0.4, -0.2) is 55.4 Å². The molecule has 1 aliphatic rings. The van der Waals surface area contributed by atoms with Crippen LogP contribution in [0.5, 0.6) is 0 Å². The molecule has 0 bridgehead atoms. The summed E-state index contributed by atoms with van der Waals surface area (Å²) in [5.41, 5.74) is 0.846.